The average molecular weight is 201 g/mol. The molecule has 2 heteroatoms. The fraction of sp³-hybridized carbons (Fsp3) is 1.00. The molecule has 0 radical (unpaired) electrons. The maximum Gasteiger partial charge on any atom is 0.0476 e. The first-order chi connectivity index (χ1) is 6.74. The highest BCUT2D eigenvalue weighted by atomic mass is 16.5. The second-order valence-electron chi connectivity index (χ2n) is 4.12. The predicted molar refractivity (Wildman–Crippen MR) is 62.7 cm³/mol. The monoisotopic (exact) mass is 201 g/mol. The number of hydrogen-bond acceptors (Lipinski definition) is 2. The first-order valence-corrected chi connectivity index (χ1v) is 5.99. The van der Waals surface area contributed by atoms with Gasteiger partial charge >= 0.3 is 0 Å². The third-order valence-corrected chi connectivity index (χ3v) is 2.55. The number of methoxy groups -OCH3 is 1. The lowest BCUT2D eigenvalue weighted by atomic mass is 10.1. The van der Waals surface area contributed by atoms with Gasteiger partial charge in [0.1, 0.15) is 0 Å². The molecule has 1 unspecified atom stereocenters. The van der Waals surface area contributed by atoms with Gasteiger partial charge in [0.25, 0.3) is 0 Å². The van der Waals surface area contributed by atoms with E-state index in [2.05, 4.69) is 26.1 Å². The van der Waals surface area contributed by atoms with E-state index in [1.165, 1.54) is 25.7 Å². The Bertz CT molecular complexity index is 111. The van der Waals surface area contributed by atoms with Crippen LogP contribution in [0.1, 0.15) is 52.9 Å². The van der Waals surface area contributed by atoms with Gasteiger partial charge in [-0.2, -0.15) is 0 Å². The minimum Gasteiger partial charge on any atom is -0.385 e. The summed E-state index contributed by atoms with van der Waals surface area (Å²) in [6.45, 7) is 7.62. The van der Waals surface area contributed by atoms with E-state index >= 15 is 0 Å². The van der Waals surface area contributed by atoms with Crippen molar-refractivity contribution in [2.45, 2.75) is 65.0 Å². The molecule has 0 aliphatic heterocycles. The molecule has 0 saturated heterocycles. The maximum absolute atomic E-state index is 5.07. The van der Waals surface area contributed by atoms with Gasteiger partial charge in [-0.25, -0.2) is 0 Å². The summed E-state index contributed by atoms with van der Waals surface area (Å²) in [5.41, 5.74) is 0. The Morgan fingerprint density at radius 3 is 2.07 bits per heavy atom. The molecule has 1 N–H and O–H groups in total. The van der Waals surface area contributed by atoms with Gasteiger partial charge in [-0.15, -0.1) is 0 Å². The van der Waals surface area contributed by atoms with Gasteiger partial charge < -0.3 is 10.1 Å². The van der Waals surface area contributed by atoms with Gasteiger partial charge in [-0.1, -0.05) is 26.7 Å². The lowest BCUT2D eigenvalue weighted by Crippen LogP contribution is -2.37. The van der Waals surface area contributed by atoms with Crippen LogP contribution in [0.15, 0.2) is 0 Å². The fourth-order valence-electron chi connectivity index (χ4n) is 1.79. The molecule has 2 nitrogen and oxygen atoms in total. The third-order valence-electron chi connectivity index (χ3n) is 2.55. The topological polar surface area (TPSA) is 21.3 Å². The summed E-state index contributed by atoms with van der Waals surface area (Å²) in [6, 6.07) is 1.29. The number of rotatable bonds is 9. The number of hydrogen-bond donors (Lipinski definition) is 1. The molecule has 0 fully saturated rings. The van der Waals surface area contributed by atoms with Gasteiger partial charge in [0.05, 0.1) is 0 Å². The van der Waals surface area contributed by atoms with Crippen molar-refractivity contribution < 1.29 is 4.74 Å². The van der Waals surface area contributed by atoms with Crippen molar-refractivity contribution in [1.82, 2.24) is 5.32 Å². The molecule has 0 aliphatic carbocycles. The van der Waals surface area contributed by atoms with E-state index < -0.39 is 0 Å². The molecule has 0 heterocycles. The summed E-state index contributed by atoms with van der Waals surface area (Å²) in [6.07, 6.45) is 6.25. The molecule has 0 aromatic heterocycles. The number of ether oxygens (including phenoxy) is 1. The van der Waals surface area contributed by atoms with Crippen LogP contribution in [-0.4, -0.2) is 25.8 Å². The van der Waals surface area contributed by atoms with Crippen molar-refractivity contribution in [3.05, 3.63) is 0 Å². The van der Waals surface area contributed by atoms with E-state index in [4.69, 9.17) is 4.74 Å². The first kappa shape index (κ1) is 13.9. The Morgan fingerprint density at radius 2 is 1.64 bits per heavy atom. The normalized spacial score (nSPS) is 13.5. The molecule has 0 spiro atoms. The van der Waals surface area contributed by atoms with E-state index in [1.54, 1.807) is 7.11 Å². The molecular weight excluding hydrogens is 174 g/mol. The van der Waals surface area contributed by atoms with Crippen molar-refractivity contribution in [1.29, 1.82) is 0 Å². The van der Waals surface area contributed by atoms with E-state index in [9.17, 15) is 0 Å². The van der Waals surface area contributed by atoms with Crippen LogP contribution in [0.5, 0.6) is 0 Å². The van der Waals surface area contributed by atoms with Crippen LogP contribution in [-0.2, 0) is 4.74 Å². The fourth-order valence-corrected chi connectivity index (χ4v) is 1.79. The molecule has 0 amide bonds. The van der Waals surface area contributed by atoms with E-state index in [1.807, 2.05) is 0 Å². The lowest BCUT2D eigenvalue weighted by Gasteiger charge is -2.22. The largest absolute Gasteiger partial charge is 0.385 e. The zero-order valence-electron chi connectivity index (χ0n) is 10.3. The molecule has 0 aliphatic rings. The van der Waals surface area contributed by atoms with E-state index in [0.717, 1.165) is 13.0 Å². The Labute approximate surface area is 89.4 Å². The van der Waals surface area contributed by atoms with Crippen LogP contribution < -0.4 is 5.32 Å². The molecule has 0 saturated carbocycles. The van der Waals surface area contributed by atoms with Gasteiger partial charge in [0.2, 0.25) is 0 Å². The van der Waals surface area contributed by atoms with Crippen molar-refractivity contribution in [3.63, 3.8) is 0 Å². The molecule has 0 rings (SSSR count). The highest BCUT2D eigenvalue weighted by Gasteiger charge is 2.09. The van der Waals surface area contributed by atoms with Gasteiger partial charge in [-0.3, -0.25) is 0 Å². The molecule has 14 heavy (non-hydrogen) atoms. The highest BCUT2D eigenvalue weighted by Crippen LogP contribution is 2.06. The smallest absolute Gasteiger partial charge is 0.0476 e. The second kappa shape index (κ2) is 9.47. The van der Waals surface area contributed by atoms with Crippen LogP contribution >= 0.6 is 0 Å². The SMILES string of the molecule is CCCC(CCC)NC(C)CCOC. The highest BCUT2D eigenvalue weighted by molar-refractivity contribution is 4.70. The maximum atomic E-state index is 5.07. The minimum absolute atomic E-state index is 0.582. The van der Waals surface area contributed by atoms with Crippen molar-refractivity contribution in [2.24, 2.45) is 0 Å². The van der Waals surface area contributed by atoms with Crippen molar-refractivity contribution in [2.75, 3.05) is 13.7 Å². The van der Waals surface area contributed by atoms with Gasteiger partial charge in [0, 0.05) is 25.8 Å². The second-order valence-corrected chi connectivity index (χ2v) is 4.12. The van der Waals surface area contributed by atoms with Crippen LogP contribution in [0.2, 0.25) is 0 Å². The Balaban J connectivity index is 3.64. The average Bonchev–Trinajstić information content (AvgIpc) is 2.15. The summed E-state index contributed by atoms with van der Waals surface area (Å²) < 4.78 is 5.07. The zero-order valence-corrected chi connectivity index (χ0v) is 10.3. The third kappa shape index (κ3) is 7.34. The summed E-state index contributed by atoms with van der Waals surface area (Å²) in [4.78, 5) is 0. The molecule has 0 aromatic rings. The summed E-state index contributed by atoms with van der Waals surface area (Å²) in [7, 11) is 1.77. The molecular formula is C12H27NO. The van der Waals surface area contributed by atoms with Crippen LogP contribution in [0.3, 0.4) is 0 Å². The minimum atomic E-state index is 0.582. The lowest BCUT2D eigenvalue weighted by molar-refractivity contribution is 0.181. The summed E-state index contributed by atoms with van der Waals surface area (Å²) in [5.74, 6) is 0. The van der Waals surface area contributed by atoms with Crippen LogP contribution in [0, 0.1) is 0 Å². The van der Waals surface area contributed by atoms with Crippen LogP contribution in [0.25, 0.3) is 0 Å². The predicted octanol–water partition coefficient (Wildman–Crippen LogP) is 2.97. The zero-order chi connectivity index (χ0) is 10.8. The number of nitrogens with one attached hydrogen (secondary N) is 1. The Hall–Kier alpha value is -0.0800. The van der Waals surface area contributed by atoms with E-state index in [0.29, 0.717) is 12.1 Å². The van der Waals surface area contributed by atoms with Crippen molar-refractivity contribution in [3.8, 4) is 0 Å². The summed E-state index contributed by atoms with van der Waals surface area (Å²) >= 11 is 0. The van der Waals surface area contributed by atoms with Gasteiger partial charge in [0.15, 0.2) is 0 Å². The van der Waals surface area contributed by atoms with Crippen molar-refractivity contribution >= 4 is 0 Å². The Morgan fingerprint density at radius 1 is 1.07 bits per heavy atom. The Kier molecular flexibility index (Phi) is 9.42. The molecule has 0 bridgehead atoms. The molecule has 86 valence electrons. The van der Waals surface area contributed by atoms with Gasteiger partial charge in [-0.05, 0) is 26.2 Å². The first-order valence-electron chi connectivity index (χ1n) is 5.99. The standard InChI is InChI=1S/C12H27NO/c1-5-7-12(8-6-2)13-11(3)9-10-14-4/h11-13H,5-10H2,1-4H3. The van der Waals surface area contributed by atoms with E-state index in [-0.39, 0.29) is 0 Å². The summed E-state index contributed by atoms with van der Waals surface area (Å²) in [5, 5.41) is 3.67. The van der Waals surface area contributed by atoms with Crippen LogP contribution in [0.4, 0.5) is 0 Å². The molecule has 0 aromatic carbocycles. The quantitative estimate of drug-likeness (QED) is 0.619. The molecule has 1 atom stereocenters.